The number of fused-ring (bicyclic) bond motifs is 1. The van der Waals surface area contributed by atoms with E-state index in [0.717, 1.165) is 28.0 Å². The first-order valence-electron chi connectivity index (χ1n) is 8.18. The van der Waals surface area contributed by atoms with E-state index >= 15 is 0 Å². The molecule has 0 N–H and O–H groups in total. The Kier molecular flexibility index (Phi) is 4.49. The number of halogens is 1. The highest BCUT2D eigenvalue weighted by atomic mass is 79.9. The number of hydrogen-bond acceptors (Lipinski definition) is 1. The van der Waals surface area contributed by atoms with Crippen LogP contribution in [0.1, 0.15) is 5.56 Å². The summed E-state index contributed by atoms with van der Waals surface area (Å²) >= 11 is 3.47. The molecule has 4 rings (SSSR count). The third kappa shape index (κ3) is 3.57. The lowest BCUT2D eigenvalue weighted by Crippen LogP contribution is -2.35. The minimum Gasteiger partial charge on any atom is -0.405 e. The van der Waals surface area contributed by atoms with E-state index in [-0.39, 0.29) is 0 Å². The number of pyridine rings is 1. The van der Waals surface area contributed by atoms with Gasteiger partial charge in [0.1, 0.15) is 5.75 Å². The molecule has 0 saturated carbocycles. The Morgan fingerprint density at radius 2 is 1.48 bits per heavy atom. The number of nitrogens with zero attached hydrogens (tertiary/aromatic N) is 1. The molecule has 0 amide bonds. The van der Waals surface area contributed by atoms with Crippen molar-refractivity contribution in [3.8, 4) is 11.6 Å². The highest BCUT2D eigenvalue weighted by Gasteiger charge is 2.18. The van der Waals surface area contributed by atoms with Crippen LogP contribution in [-0.2, 0) is 6.54 Å². The van der Waals surface area contributed by atoms with E-state index in [1.165, 1.54) is 10.9 Å². The van der Waals surface area contributed by atoms with Crippen molar-refractivity contribution >= 4 is 26.7 Å². The average molecular weight is 391 g/mol. The lowest BCUT2D eigenvalue weighted by Gasteiger charge is -2.09. The molecule has 1 aromatic heterocycles. The first-order valence-corrected chi connectivity index (χ1v) is 8.97. The predicted molar refractivity (Wildman–Crippen MR) is 104 cm³/mol. The molecule has 0 spiro atoms. The normalized spacial score (nSPS) is 10.8. The quantitative estimate of drug-likeness (QED) is 0.405. The van der Waals surface area contributed by atoms with Gasteiger partial charge >= 0.3 is 5.88 Å². The number of hydrogen-bond donors (Lipinski definition) is 0. The van der Waals surface area contributed by atoms with Crippen molar-refractivity contribution in [2.75, 3.05) is 0 Å². The summed E-state index contributed by atoms with van der Waals surface area (Å²) in [7, 11) is 0. The summed E-state index contributed by atoms with van der Waals surface area (Å²) in [5.74, 6) is 1.67. The monoisotopic (exact) mass is 390 g/mol. The lowest BCUT2D eigenvalue weighted by atomic mass is 10.1. The third-order valence-electron chi connectivity index (χ3n) is 4.11. The summed E-state index contributed by atoms with van der Waals surface area (Å²) in [6.45, 7) is 0.761. The zero-order chi connectivity index (χ0) is 17.1. The second kappa shape index (κ2) is 7.08. The van der Waals surface area contributed by atoms with Crippen molar-refractivity contribution in [1.82, 2.24) is 0 Å². The summed E-state index contributed by atoms with van der Waals surface area (Å²) in [6.07, 6.45) is 2.09. The Balaban J connectivity index is 1.80. The van der Waals surface area contributed by atoms with Crippen molar-refractivity contribution in [2.24, 2.45) is 0 Å². The van der Waals surface area contributed by atoms with Crippen LogP contribution in [0.4, 0.5) is 0 Å². The molecule has 0 radical (unpaired) electrons. The summed E-state index contributed by atoms with van der Waals surface area (Å²) in [5, 5.41) is 2.27. The molecule has 4 aromatic rings. The van der Waals surface area contributed by atoms with E-state index in [1.54, 1.807) is 0 Å². The molecule has 25 heavy (non-hydrogen) atoms. The highest BCUT2D eigenvalue weighted by molar-refractivity contribution is 9.10. The standard InChI is InChI=1S/C22H17BrNO/c23-19-10-12-20(13-11-19)25-22-21-9-5-4-8-18(21)14-15-24(22)16-17-6-2-1-3-7-17/h1-15H,16H2/q+1. The molecular formula is C22H17BrNO+. The van der Waals surface area contributed by atoms with Gasteiger partial charge in [-0.25, -0.2) is 0 Å². The third-order valence-corrected chi connectivity index (χ3v) is 4.64. The van der Waals surface area contributed by atoms with Crippen LogP contribution in [0.25, 0.3) is 10.8 Å². The van der Waals surface area contributed by atoms with Gasteiger partial charge in [-0.3, -0.25) is 0 Å². The van der Waals surface area contributed by atoms with Crippen LogP contribution in [0, 0.1) is 0 Å². The molecule has 0 fully saturated rings. The van der Waals surface area contributed by atoms with Gasteiger partial charge in [-0.05, 0) is 35.7 Å². The lowest BCUT2D eigenvalue weighted by molar-refractivity contribution is -0.691. The van der Waals surface area contributed by atoms with E-state index in [1.807, 2.05) is 42.5 Å². The maximum absolute atomic E-state index is 6.29. The molecule has 0 aliphatic heterocycles. The topological polar surface area (TPSA) is 13.1 Å². The Hall–Kier alpha value is -2.65. The predicted octanol–water partition coefficient (Wildman–Crippen LogP) is 5.73. The Morgan fingerprint density at radius 1 is 0.760 bits per heavy atom. The van der Waals surface area contributed by atoms with E-state index in [2.05, 4.69) is 69.2 Å². The van der Waals surface area contributed by atoms with Crippen molar-refractivity contribution in [2.45, 2.75) is 6.54 Å². The summed E-state index contributed by atoms with van der Waals surface area (Å²) < 4.78 is 9.48. The molecule has 1 heterocycles. The second-order valence-corrected chi connectivity index (χ2v) is 6.79. The van der Waals surface area contributed by atoms with Crippen LogP contribution in [0.3, 0.4) is 0 Å². The molecule has 0 aliphatic carbocycles. The van der Waals surface area contributed by atoms with Gasteiger partial charge in [-0.1, -0.05) is 64.5 Å². The zero-order valence-electron chi connectivity index (χ0n) is 13.6. The first-order chi connectivity index (χ1) is 12.3. The molecule has 0 bridgehead atoms. The summed E-state index contributed by atoms with van der Waals surface area (Å²) in [4.78, 5) is 0. The van der Waals surface area contributed by atoms with E-state index in [9.17, 15) is 0 Å². The minimum atomic E-state index is 0.761. The van der Waals surface area contributed by atoms with Crippen molar-refractivity contribution in [3.63, 3.8) is 0 Å². The molecule has 0 aliphatic rings. The summed E-state index contributed by atoms with van der Waals surface area (Å²) in [6, 6.07) is 28.8. The average Bonchev–Trinajstić information content (AvgIpc) is 2.66. The molecule has 2 nitrogen and oxygen atoms in total. The molecule has 0 saturated heterocycles. The largest absolute Gasteiger partial charge is 0.405 e. The maximum Gasteiger partial charge on any atom is 0.381 e. The van der Waals surface area contributed by atoms with Crippen LogP contribution < -0.4 is 9.30 Å². The Labute approximate surface area is 155 Å². The number of aromatic nitrogens is 1. The fraction of sp³-hybridized carbons (Fsp3) is 0.0455. The molecule has 0 atom stereocenters. The van der Waals surface area contributed by atoms with Crippen LogP contribution in [0.2, 0.25) is 0 Å². The fourth-order valence-electron chi connectivity index (χ4n) is 2.86. The van der Waals surface area contributed by atoms with Gasteiger partial charge in [-0.2, -0.15) is 4.57 Å². The van der Waals surface area contributed by atoms with Gasteiger partial charge in [0, 0.05) is 16.1 Å². The van der Waals surface area contributed by atoms with Crippen molar-refractivity contribution in [1.29, 1.82) is 0 Å². The van der Waals surface area contributed by atoms with E-state index < -0.39 is 0 Å². The maximum atomic E-state index is 6.29. The highest BCUT2D eigenvalue weighted by Crippen LogP contribution is 2.27. The molecule has 0 unspecified atom stereocenters. The number of rotatable bonds is 4. The smallest absolute Gasteiger partial charge is 0.381 e. The fourth-order valence-corrected chi connectivity index (χ4v) is 3.13. The van der Waals surface area contributed by atoms with Crippen LogP contribution in [0.5, 0.6) is 11.6 Å². The molecular weight excluding hydrogens is 374 g/mol. The Bertz CT molecular complexity index is 997. The van der Waals surface area contributed by atoms with Crippen molar-refractivity contribution in [3.05, 3.63) is 101 Å². The summed E-state index contributed by atoms with van der Waals surface area (Å²) in [5.41, 5.74) is 1.24. The first kappa shape index (κ1) is 15.9. The van der Waals surface area contributed by atoms with Gasteiger partial charge in [-0.15, -0.1) is 0 Å². The molecule has 3 aromatic carbocycles. The van der Waals surface area contributed by atoms with Gasteiger partial charge < -0.3 is 4.74 Å². The van der Waals surface area contributed by atoms with E-state index in [4.69, 9.17) is 4.74 Å². The minimum absolute atomic E-state index is 0.761. The zero-order valence-corrected chi connectivity index (χ0v) is 15.2. The number of benzene rings is 3. The second-order valence-electron chi connectivity index (χ2n) is 5.88. The molecule has 122 valence electrons. The Morgan fingerprint density at radius 3 is 2.28 bits per heavy atom. The van der Waals surface area contributed by atoms with Gasteiger partial charge in [0.2, 0.25) is 0 Å². The van der Waals surface area contributed by atoms with Crippen LogP contribution >= 0.6 is 15.9 Å². The van der Waals surface area contributed by atoms with Crippen LogP contribution in [-0.4, -0.2) is 0 Å². The SMILES string of the molecule is Brc1ccc(Oc2c3ccccc3cc[n+]2Cc2ccccc2)cc1. The van der Waals surface area contributed by atoms with Gasteiger partial charge in [0.25, 0.3) is 0 Å². The van der Waals surface area contributed by atoms with Crippen LogP contribution in [0.15, 0.2) is 95.6 Å². The van der Waals surface area contributed by atoms with Gasteiger partial charge in [0.15, 0.2) is 12.7 Å². The number of ether oxygens (including phenoxy) is 1. The van der Waals surface area contributed by atoms with E-state index in [0.29, 0.717) is 0 Å². The van der Waals surface area contributed by atoms with Crippen molar-refractivity contribution < 1.29 is 9.30 Å². The molecule has 3 heteroatoms. The van der Waals surface area contributed by atoms with Gasteiger partial charge in [0.05, 0.1) is 5.39 Å².